The van der Waals surface area contributed by atoms with E-state index in [-0.39, 0.29) is 5.92 Å². The van der Waals surface area contributed by atoms with Crippen LogP contribution >= 0.6 is 0 Å². The molecule has 3 nitrogen and oxygen atoms in total. The van der Waals surface area contributed by atoms with Crippen LogP contribution in [0.4, 0.5) is 0 Å². The number of phenols is 1. The Hall–Kier alpha value is -1.35. The smallest absolute Gasteiger partial charge is 0.136 e. The van der Waals surface area contributed by atoms with Crippen LogP contribution in [0.1, 0.15) is 37.2 Å². The number of nitrogens with zero attached hydrogens (tertiary/aromatic N) is 1. The second-order valence-corrected chi connectivity index (χ2v) is 5.82. The van der Waals surface area contributed by atoms with Crippen LogP contribution < -0.4 is 0 Å². The zero-order valence-corrected chi connectivity index (χ0v) is 11.8. The molecule has 1 aromatic rings. The van der Waals surface area contributed by atoms with Gasteiger partial charge in [-0.05, 0) is 63.5 Å². The minimum atomic E-state index is 0.204. The van der Waals surface area contributed by atoms with Crippen LogP contribution in [0.2, 0.25) is 0 Å². The average molecular weight is 261 g/mol. The summed E-state index contributed by atoms with van der Waals surface area (Å²) in [6, 6.07) is 7.44. The summed E-state index contributed by atoms with van der Waals surface area (Å²) in [5.74, 6) is 1.40. The van der Waals surface area contributed by atoms with E-state index in [1.54, 1.807) is 12.1 Å². The molecule has 0 bridgehead atoms. The van der Waals surface area contributed by atoms with Gasteiger partial charge in [-0.3, -0.25) is 4.79 Å². The number of benzene rings is 1. The van der Waals surface area contributed by atoms with Gasteiger partial charge in [-0.25, -0.2) is 0 Å². The lowest BCUT2D eigenvalue weighted by Crippen LogP contribution is -2.27. The highest BCUT2D eigenvalue weighted by atomic mass is 16.3. The van der Waals surface area contributed by atoms with Crippen LogP contribution in [-0.4, -0.2) is 36.4 Å². The van der Waals surface area contributed by atoms with Gasteiger partial charge in [-0.15, -0.1) is 0 Å². The molecular weight excluding hydrogens is 238 g/mol. The SMILES string of the molecule is CN(C)CCC1CC(c2ccc(O)cc2)CCC1=O. The molecule has 1 N–H and O–H groups in total. The Morgan fingerprint density at radius 2 is 1.95 bits per heavy atom. The van der Waals surface area contributed by atoms with E-state index in [0.29, 0.717) is 23.9 Å². The van der Waals surface area contributed by atoms with Crippen molar-refractivity contribution in [2.24, 2.45) is 5.92 Å². The van der Waals surface area contributed by atoms with Gasteiger partial charge in [-0.1, -0.05) is 12.1 Å². The second-order valence-electron chi connectivity index (χ2n) is 5.82. The third kappa shape index (κ3) is 3.80. The second kappa shape index (κ2) is 6.20. The molecule has 0 spiro atoms. The number of Topliss-reactive ketones (excluding diaryl/α,β-unsaturated/α-hetero) is 1. The number of rotatable bonds is 4. The van der Waals surface area contributed by atoms with Gasteiger partial charge in [0.05, 0.1) is 0 Å². The maximum Gasteiger partial charge on any atom is 0.136 e. The summed E-state index contributed by atoms with van der Waals surface area (Å²) in [5, 5.41) is 9.33. The number of hydrogen-bond donors (Lipinski definition) is 1. The fraction of sp³-hybridized carbons (Fsp3) is 0.562. The highest BCUT2D eigenvalue weighted by molar-refractivity contribution is 5.82. The summed E-state index contributed by atoms with van der Waals surface area (Å²) in [6.07, 6.45) is 3.56. The molecular formula is C16H23NO2. The van der Waals surface area contributed by atoms with Gasteiger partial charge in [0, 0.05) is 12.3 Å². The van der Waals surface area contributed by atoms with E-state index in [4.69, 9.17) is 0 Å². The Morgan fingerprint density at radius 1 is 1.26 bits per heavy atom. The molecule has 3 heteroatoms. The number of hydrogen-bond acceptors (Lipinski definition) is 3. The largest absolute Gasteiger partial charge is 0.508 e. The summed E-state index contributed by atoms with van der Waals surface area (Å²) in [6.45, 7) is 0.971. The fourth-order valence-corrected chi connectivity index (χ4v) is 2.86. The van der Waals surface area contributed by atoms with Crippen molar-refractivity contribution in [2.75, 3.05) is 20.6 Å². The van der Waals surface area contributed by atoms with E-state index in [2.05, 4.69) is 4.90 Å². The minimum Gasteiger partial charge on any atom is -0.508 e. The topological polar surface area (TPSA) is 40.5 Å². The lowest BCUT2D eigenvalue weighted by Gasteiger charge is -2.29. The molecule has 1 aromatic carbocycles. The van der Waals surface area contributed by atoms with Crippen LogP contribution in [-0.2, 0) is 4.79 Å². The standard InChI is InChI=1S/C16H23NO2/c1-17(2)10-9-14-11-13(5-8-16(14)19)12-3-6-15(18)7-4-12/h3-4,6-7,13-14,18H,5,8-11H2,1-2H3. The molecule has 1 saturated carbocycles. The number of aromatic hydroxyl groups is 1. The predicted molar refractivity (Wildman–Crippen MR) is 76.4 cm³/mol. The summed E-state index contributed by atoms with van der Waals surface area (Å²) in [4.78, 5) is 14.1. The first-order valence-electron chi connectivity index (χ1n) is 7.02. The quantitative estimate of drug-likeness (QED) is 0.906. The van der Waals surface area contributed by atoms with Crippen molar-refractivity contribution in [1.82, 2.24) is 4.90 Å². The third-order valence-corrected chi connectivity index (χ3v) is 4.05. The van der Waals surface area contributed by atoms with E-state index < -0.39 is 0 Å². The molecule has 0 amide bonds. The lowest BCUT2D eigenvalue weighted by atomic mass is 9.76. The normalized spacial score (nSPS) is 23.8. The van der Waals surface area contributed by atoms with Crippen LogP contribution in [0.3, 0.4) is 0 Å². The Morgan fingerprint density at radius 3 is 2.58 bits per heavy atom. The van der Waals surface area contributed by atoms with Crippen molar-refractivity contribution < 1.29 is 9.90 Å². The Bertz CT molecular complexity index is 425. The lowest BCUT2D eigenvalue weighted by molar-refractivity contribution is -0.125. The first-order valence-corrected chi connectivity index (χ1v) is 7.02. The van der Waals surface area contributed by atoms with E-state index >= 15 is 0 Å². The van der Waals surface area contributed by atoms with Gasteiger partial charge in [-0.2, -0.15) is 0 Å². The number of ketones is 1. The molecule has 0 radical (unpaired) electrons. The molecule has 0 heterocycles. The van der Waals surface area contributed by atoms with Crippen LogP contribution in [0.5, 0.6) is 5.75 Å². The summed E-state index contributed by atoms with van der Waals surface area (Å²) >= 11 is 0. The van der Waals surface area contributed by atoms with Crippen LogP contribution in [0.25, 0.3) is 0 Å². The highest BCUT2D eigenvalue weighted by Crippen LogP contribution is 2.36. The van der Waals surface area contributed by atoms with Crippen molar-refractivity contribution in [3.05, 3.63) is 29.8 Å². The van der Waals surface area contributed by atoms with E-state index in [0.717, 1.165) is 25.8 Å². The highest BCUT2D eigenvalue weighted by Gasteiger charge is 2.29. The first-order chi connectivity index (χ1) is 9.06. The molecule has 1 aliphatic rings. The van der Waals surface area contributed by atoms with Gasteiger partial charge in [0.2, 0.25) is 0 Å². The van der Waals surface area contributed by atoms with E-state index in [1.165, 1.54) is 5.56 Å². The molecule has 2 atom stereocenters. The maximum atomic E-state index is 12.0. The van der Waals surface area contributed by atoms with Crippen molar-refractivity contribution >= 4 is 5.78 Å². The first kappa shape index (κ1) is 14.1. The molecule has 2 rings (SSSR count). The molecule has 2 unspecified atom stereocenters. The third-order valence-electron chi connectivity index (χ3n) is 4.05. The molecule has 0 aromatic heterocycles. The zero-order valence-electron chi connectivity index (χ0n) is 11.8. The monoisotopic (exact) mass is 261 g/mol. The maximum absolute atomic E-state index is 12.0. The molecule has 1 aliphatic carbocycles. The van der Waals surface area contributed by atoms with Gasteiger partial charge in [0.25, 0.3) is 0 Å². The van der Waals surface area contributed by atoms with Gasteiger partial charge in [0.1, 0.15) is 11.5 Å². The van der Waals surface area contributed by atoms with Crippen LogP contribution in [0.15, 0.2) is 24.3 Å². The average Bonchev–Trinajstić information content (AvgIpc) is 2.39. The molecule has 104 valence electrons. The fourth-order valence-electron chi connectivity index (χ4n) is 2.86. The number of carbonyl (C=O) groups is 1. The van der Waals surface area contributed by atoms with Crippen molar-refractivity contribution in [1.29, 1.82) is 0 Å². The molecule has 0 aliphatic heterocycles. The van der Waals surface area contributed by atoms with Crippen LogP contribution in [0, 0.1) is 5.92 Å². The Balaban J connectivity index is 2.00. The minimum absolute atomic E-state index is 0.204. The van der Waals surface area contributed by atoms with Gasteiger partial charge >= 0.3 is 0 Å². The van der Waals surface area contributed by atoms with Crippen molar-refractivity contribution in [3.63, 3.8) is 0 Å². The van der Waals surface area contributed by atoms with E-state index in [1.807, 2.05) is 26.2 Å². The molecule has 0 saturated heterocycles. The number of carbonyl (C=O) groups excluding carboxylic acids is 1. The summed E-state index contributed by atoms with van der Waals surface area (Å²) < 4.78 is 0. The molecule has 1 fully saturated rings. The van der Waals surface area contributed by atoms with E-state index in [9.17, 15) is 9.90 Å². The molecule has 19 heavy (non-hydrogen) atoms. The summed E-state index contributed by atoms with van der Waals surface area (Å²) in [7, 11) is 4.09. The predicted octanol–water partition coefficient (Wildman–Crippen LogP) is 2.80. The zero-order chi connectivity index (χ0) is 13.8. The van der Waals surface area contributed by atoms with Crippen molar-refractivity contribution in [2.45, 2.75) is 31.6 Å². The van der Waals surface area contributed by atoms with Crippen molar-refractivity contribution in [3.8, 4) is 5.75 Å². The van der Waals surface area contributed by atoms with Gasteiger partial charge < -0.3 is 10.0 Å². The summed E-state index contributed by atoms with van der Waals surface area (Å²) in [5.41, 5.74) is 1.25. The van der Waals surface area contributed by atoms with Gasteiger partial charge in [0.15, 0.2) is 0 Å². The Labute approximate surface area is 115 Å². The number of phenolic OH excluding ortho intramolecular Hbond substituents is 1. The Kier molecular flexibility index (Phi) is 4.59.